The number of rotatable bonds is 4. The summed E-state index contributed by atoms with van der Waals surface area (Å²) < 4.78 is 22.9. The minimum Gasteiger partial charge on any atom is -0.195 e. The van der Waals surface area contributed by atoms with Crippen molar-refractivity contribution in [1.29, 1.82) is 0 Å². The second kappa shape index (κ2) is 4.65. The summed E-state index contributed by atoms with van der Waals surface area (Å²) in [6.07, 6.45) is 0. The first-order chi connectivity index (χ1) is 5.25. The summed E-state index contributed by atoms with van der Waals surface area (Å²) in [5.74, 6) is 0.208. The molecule has 0 fully saturated rings. The lowest BCUT2D eigenvalue weighted by molar-refractivity contribution is 0.366. The molecule has 12 heavy (non-hydrogen) atoms. The zero-order valence-corrected chi connectivity index (χ0v) is 9.62. The fourth-order valence-electron chi connectivity index (χ4n) is 0.768. The summed E-state index contributed by atoms with van der Waals surface area (Å²) >= 11 is 5.63. The molecule has 0 aliphatic heterocycles. The van der Waals surface area contributed by atoms with Crippen molar-refractivity contribution in [2.75, 3.05) is 6.54 Å². The lowest BCUT2D eigenvalue weighted by Gasteiger charge is -2.22. The summed E-state index contributed by atoms with van der Waals surface area (Å²) in [6, 6.07) is 0. The highest BCUT2D eigenvalue weighted by molar-refractivity contribution is 8.11. The molecule has 0 aromatic rings. The standard InChI is InChI=1S/C6H13Cl2NO2S/c1-5(2)4-9(6(3)7)12(8,10)11/h5-6H,4H2,1-3H3. The van der Waals surface area contributed by atoms with Crippen LogP contribution in [0.25, 0.3) is 0 Å². The van der Waals surface area contributed by atoms with E-state index in [1.807, 2.05) is 13.8 Å². The molecule has 0 radical (unpaired) electrons. The Morgan fingerprint density at radius 1 is 1.33 bits per heavy atom. The van der Waals surface area contributed by atoms with E-state index in [1.165, 1.54) is 0 Å². The second-order valence-corrected chi connectivity index (χ2v) is 6.07. The van der Waals surface area contributed by atoms with E-state index in [1.54, 1.807) is 6.92 Å². The average Bonchev–Trinajstić information content (AvgIpc) is 1.79. The Hall–Kier alpha value is 0.490. The van der Waals surface area contributed by atoms with Gasteiger partial charge in [0.1, 0.15) is 0 Å². The van der Waals surface area contributed by atoms with Crippen LogP contribution in [0, 0.1) is 5.92 Å². The van der Waals surface area contributed by atoms with E-state index >= 15 is 0 Å². The summed E-state index contributed by atoms with van der Waals surface area (Å²) in [4.78, 5) is 0. The van der Waals surface area contributed by atoms with Gasteiger partial charge in [0.25, 0.3) is 0 Å². The minimum atomic E-state index is -3.69. The van der Waals surface area contributed by atoms with E-state index in [2.05, 4.69) is 0 Å². The summed E-state index contributed by atoms with van der Waals surface area (Å²) in [7, 11) is 1.47. The Morgan fingerprint density at radius 2 is 1.75 bits per heavy atom. The number of hydrogen-bond acceptors (Lipinski definition) is 2. The van der Waals surface area contributed by atoms with Gasteiger partial charge in [-0.1, -0.05) is 13.8 Å². The van der Waals surface area contributed by atoms with Gasteiger partial charge in [-0.15, -0.1) is 11.6 Å². The first kappa shape index (κ1) is 12.5. The van der Waals surface area contributed by atoms with Crippen LogP contribution in [0.4, 0.5) is 0 Å². The van der Waals surface area contributed by atoms with Crippen LogP contribution in [-0.2, 0) is 9.24 Å². The van der Waals surface area contributed by atoms with Gasteiger partial charge in [-0.2, -0.15) is 12.7 Å². The Labute approximate surface area is 83.2 Å². The van der Waals surface area contributed by atoms with Gasteiger partial charge in [0, 0.05) is 17.2 Å². The molecule has 0 saturated heterocycles. The van der Waals surface area contributed by atoms with E-state index in [4.69, 9.17) is 22.3 Å². The van der Waals surface area contributed by atoms with Crippen LogP contribution in [0.1, 0.15) is 20.8 Å². The number of alkyl halides is 1. The molecular formula is C6H13Cl2NO2S. The normalized spacial score (nSPS) is 15.6. The summed E-state index contributed by atoms with van der Waals surface area (Å²) in [6.45, 7) is 5.71. The zero-order valence-electron chi connectivity index (χ0n) is 7.29. The van der Waals surface area contributed by atoms with Crippen LogP contribution in [0.3, 0.4) is 0 Å². The molecule has 0 heterocycles. The minimum absolute atomic E-state index is 0.208. The van der Waals surface area contributed by atoms with E-state index in [-0.39, 0.29) is 5.92 Å². The first-order valence-electron chi connectivity index (χ1n) is 3.60. The van der Waals surface area contributed by atoms with Gasteiger partial charge in [0.15, 0.2) is 0 Å². The van der Waals surface area contributed by atoms with E-state index < -0.39 is 14.7 Å². The molecule has 6 heteroatoms. The Bertz CT molecular complexity index is 226. The smallest absolute Gasteiger partial charge is 0.195 e. The van der Waals surface area contributed by atoms with Gasteiger partial charge < -0.3 is 0 Å². The lowest BCUT2D eigenvalue weighted by atomic mass is 10.2. The van der Waals surface area contributed by atoms with Crippen molar-refractivity contribution in [3.8, 4) is 0 Å². The zero-order chi connectivity index (χ0) is 9.94. The van der Waals surface area contributed by atoms with Gasteiger partial charge in [0.2, 0.25) is 0 Å². The van der Waals surface area contributed by atoms with Crippen molar-refractivity contribution in [2.45, 2.75) is 26.3 Å². The van der Waals surface area contributed by atoms with Crippen molar-refractivity contribution in [1.82, 2.24) is 4.31 Å². The molecule has 74 valence electrons. The van der Waals surface area contributed by atoms with Gasteiger partial charge in [-0.25, -0.2) is 0 Å². The molecule has 1 unspecified atom stereocenters. The second-order valence-electron chi connectivity index (χ2n) is 2.98. The molecule has 0 rings (SSSR count). The predicted molar refractivity (Wildman–Crippen MR) is 51.6 cm³/mol. The molecule has 0 aliphatic rings. The largest absolute Gasteiger partial charge is 0.301 e. The predicted octanol–water partition coefficient (Wildman–Crippen LogP) is 2.01. The van der Waals surface area contributed by atoms with Crippen LogP contribution < -0.4 is 0 Å². The lowest BCUT2D eigenvalue weighted by Crippen LogP contribution is -2.35. The van der Waals surface area contributed by atoms with Crippen molar-refractivity contribution in [2.24, 2.45) is 5.92 Å². The highest BCUT2D eigenvalue weighted by Crippen LogP contribution is 2.16. The molecule has 0 bridgehead atoms. The Kier molecular flexibility index (Phi) is 4.84. The Morgan fingerprint density at radius 3 is 1.83 bits per heavy atom. The van der Waals surface area contributed by atoms with Crippen molar-refractivity contribution >= 4 is 31.5 Å². The van der Waals surface area contributed by atoms with Gasteiger partial charge >= 0.3 is 9.24 Å². The molecule has 0 saturated carbocycles. The average molecular weight is 234 g/mol. The molecule has 0 aromatic carbocycles. The number of nitrogens with zero attached hydrogens (tertiary/aromatic N) is 1. The van der Waals surface area contributed by atoms with Crippen molar-refractivity contribution in [3.63, 3.8) is 0 Å². The summed E-state index contributed by atoms with van der Waals surface area (Å²) in [5, 5.41) is 0. The Balaban J connectivity index is 4.47. The van der Waals surface area contributed by atoms with Crippen molar-refractivity contribution < 1.29 is 8.42 Å². The molecule has 0 N–H and O–H groups in total. The fourth-order valence-corrected chi connectivity index (χ4v) is 2.64. The SMILES string of the molecule is CC(C)CN(C(C)Cl)S(=O)(=O)Cl. The van der Waals surface area contributed by atoms with Gasteiger partial charge in [-0.3, -0.25) is 0 Å². The highest BCUT2D eigenvalue weighted by atomic mass is 35.7. The van der Waals surface area contributed by atoms with E-state index in [0.29, 0.717) is 6.54 Å². The van der Waals surface area contributed by atoms with Crippen molar-refractivity contribution in [3.05, 3.63) is 0 Å². The number of halogens is 2. The maximum absolute atomic E-state index is 10.9. The van der Waals surface area contributed by atoms with Gasteiger partial charge in [0.05, 0.1) is 5.50 Å². The van der Waals surface area contributed by atoms with Gasteiger partial charge in [-0.05, 0) is 12.8 Å². The molecular weight excluding hydrogens is 221 g/mol. The molecule has 0 aromatic heterocycles. The van der Waals surface area contributed by atoms with Crippen LogP contribution in [0.5, 0.6) is 0 Å². The third-order valence-corrected chi connectivity index (χ3v) is 3.13. The van der Waals surface area contributed by atoms with E-state index in [0.717, 1.165) is 4.31 Å². The van der Waals surface area contributed by atoms with E-state index in [9.17, 15) is 8.42 Å². The third-order valence-electron chi connectivity index (χ3n) is 1.22. The first-order valence-corrected chi connectivity index (χ1v) is 6.31. The third kappa shape index (κ3) is 4.50. The molecule has 3 nitrogen and oxygen atoms in total. The molecule has 0 spiro atoms. The molecule has 1 atom stereocenters. The maximum atomic E-state index is 10.9. The van der Waals surface area contributed by atoms with Crippen LogP contribution >= 0.6 is 22.3 Å². The van der Waals surface area contributed by atoms with Crippen LogP contribution in [-0.4, -0.2) is 24.8 Å². The monoisotopic (exact) mass is 233 g/mol. The molecule has 0 amide bonds. The highest BCUT2D eigenvalue weighted by Gasteiger charge is 2.24. The van der Waals surface area contributed by atoms with Crippen LogP contribution in [0.15, 0.2) is 0 Å². The topological polar surface area (TPSA) is 37.4 Å². The maximum Gasteiger partial charge on any atom is 0.301 e. The number of hydrogen-bond donors (Lipinski definition) is 0. The molecule has 0 aliphatic carbocycles. The van der Waals surface area contributed by atoms with Crippen LogP contribution in [0.2, 0.25) is 0 Å². The fraction of sp³-hybridized carbons (Fsp3) is 1.00. The summed E-state index contributed by atoms with van der Waals surface area (Å²) in [5.41, 5.74) is -0.602. The quantitative estimate of drug-likeness (QED) is 0.424.